The Bertz CT molecular complexity index is 1340. The number of carbonyl (C=O) groups excluding carboxylic acids is 1. The molecule has 2 heterocycles. The number of benzene rings is 3. The molecule has 6 heteroatoms. The largest absolute Gasteiger partial charge is 0.495 e. The van der Waals surface area contributed by atoms with Crippen LogP contribution in [-0.2, 0) is 11.3 Å². The van der Waals surface area contributed by atoms with E-state index in [4.69, 9.17) is 4.74 Å². The summed E-state index contributed by atoms with van der Waals surface area (Å²) in [6.45, 7) is 5.78. The molecule has 1 saturated heterocycles. The summed E-state index contributed by atoms with van der Waals surface area (Å²) in [7, 11) is 1.68. The smallest absolute Gasteiger partial charge is 0.223 e. The van der Waals surface area contributed by atoms with Crippen LogP contribution in [0.5, 0.6) is 5.75 Å². The first kappa shape index (κ1) is 23.9. The molecule has 1 fully saturated rings. The number of halogens is 1. The maximum atomic E-state index is 13.8. The van der Waals surface area contributed by atoms with Crippen molar-refractivity contribution in [2.75, 3.05) is 38.2 Å². The molecule has 1 aliphatic rings. The second kappa shape index (κ2) is 10.4. The number of piperazine rings is 1. The third-order valence-electron chi connectivity index (χ3n) is 7.24. The minimum atomic E-state index is -0.271. The molecule has 0 bridgehead atoms. The Morgan fingerprint density at radius 3 is 2.36 bits per heavy atom. The van der Waals surface area contributed by atoms with Gasteiger partial charge in [-0.3, -0.25) is 4.79 Å². The van der Waals surface area contributed by atoms with Gasteiger partial charge >= 0.3 is 0 Å². The SMILES string of the molecule is CCn1cc(C(CC(=O)N2CCN(c3ccccc3OC)CC2)c2ccc(F)cc2)c2ccccc21. The van der Waals surface area contributed by atoms with Crippen LogP contribution in [0.15, 0.2) is 79.0 Å². The number of hydrogen-bond donors (Lipinski definition) is 0. The summed E-state index contributed by atoms with van der Waals surface area (Å²) in [4.78, 5) is 17.8. The van der Waals surface area contributed by atoms with Gasteiger partial charge in [0.15, 0.2) is 0 Å². The van der Waals surface area contributed by atoms with E-state index in [0.717, 1.165) is 53.1 Å². The summed E-state index contributed by atoms with van der Waals surface area (Å²) in [6.07, 6.45) is 2.50. The van der Waals surface area contributed by atoms with E-state index >= 15 is 0 Å². The van der Waals surface area contributed by atoms with E-state index < -0.39 is 0 Å². The molecule has 1 unspecified atom stereocenters. The molecule has 1 aromatic heterocycles. The van der Waals surface area contributed by atoms with E-state index in [-0.39, 0.29) is 17.6 Å². The van der Waals surface area contributed by atoms with Crippen LogP contribution in [0.4, 0.5) is 10.1 Å². The van der Waals surface area contributed by atoms with Gasteiger partial charge in [0.1, 0.15) is 11.6 Å². The van der Waals surface area contributed by atoms with Crippen molar-refractivity contribution in [2.24, 2.45) is 0 Å². The van der Waals surface area contributed by atoms with Crippen LogP contribution in [-0.4, -0.2) is 48.7 Å². The lowest BCUT2D eigenvalue weighted by Gasteiger charge is -2.37. The van der Waals surface area contributed by atoms with Crippen LogP contribution in [0.1, 0.15) is 30.4 Å². The van der Waals surface area contributed by atoms with E-state index in [1.807, 2.05) is 47.4 Å². The van der Waals surface area contributed by atoms with Crippen molar-refractivity contribution in [2.45, 2.75) is 25.8 Å². The van der Waals surface area contributed by atoms with Crippen LogP contribution in [0.2, 0.25) is 0 Å². The van der Waals surface area contributed by atoms with E-state index in [2.05, 4.69) is 40.8 Å². The van der Waals surface area contributed by atoms with Gasteiger partial charge in [0.25, 0.3) is 0 Å². The summed E-state index contributed by atoms with van der Waals surface area (Å²) < 4.78 is 21.5. The highest BCUT2D eigenvalue weighted by Crippen LogP contribution is 2.36. The Kier molecular flexibility index (Phi) is 6.94. The molecule has 5 nitrogen and oxygen atoms in total. The predicted octanol–water partition coefficient (Wildman–Crippen LogP) is 5.68. The van der Waals surface area contributed by atoms with Gasteiger partial charge in [0.2, 0.25) is 5.91 Å². The third-order valence-corrected chi connectivity index (χ3v) is 7.24. The number of carbonyl (C=O) groups is 1. The van der Waals surface area contributed by atoms with E-state index in [0.29, 0.717) is 19.5 Å². The number of fused-ring (bicyclic) bond motifs is 1. The van der Waals surface area contributed by atoms with E-state index in [1.165, 1.54) is 12.1 Å². The summed E-state index contributed by atoms with van der Waals surface area (Å²) in [6, 6.07) is 22.9. The van der Waals surface area contributed by atoms with Crippen LogP contribution in [0.25, 0.3) is 10.9 Å². The number of amides is 1. The van der Waals surface area contributed by atoms with Crippen molar-refractivity contribution >= 4 is 22.5 Å². The zero-order valence-corrected chi connectivity index (χ0v) is 20.9. The van der Waals surface area contributed by atoms with Gasteiger partial charge in [-0.05, 0) is 48.4 Å². The normalized spacial score (nSPS) is 14.8. The fraction of sp³-hybridized carbons (Fsp3) is 0.300. The number of rotatable bonds is 7. The number of nitrogens with zero attached hydrogens (tertiary/aromatic N) is 3. The quantitative estimate of drug-likeness (QED) is 0.338. The lowest BCUT2D eigenvalue weighted by atomic mass is 9.87. The Morgan fingerprint density at radius 2 is 1.64 bits per heavy atom. The monoisotopic (exact) mass is 485 g/mol. The van der Waals surface area contributed by atoms with Crippen molar-refractivity contribution in [3.63, 3.8) is 0 Å². The van der Waals surface area contributed by atoms with Crippen LogP contribution >= 0.6 is 0 Å². The molecule has 0 aliphatic carbocycles. The zero-order chi connectivity index (χ0) is 25.1. The molecule has 1 atom stereocenters. The predicted molar refractivity (Wildman–Crippen MR) is 142 cm³/mol. The highest BCUT2D eigenvalue weighted by atomic mass is 19.1. The fourth-order valence-electron chi connectivity index (χ4n) is 5.31. The molecule has 0 saturated carbocycles. The summed E-state index contributed by atoms with van der Waals surface area (Å²) in [5.74, 6) is 0.550. The molecule has 186 valence electrons. The number of aryl methyl sites for hydroxylation is 1. The van der Waals surface area contributed by atoms with Crippen molar-refractivity contribution in [3.8, 4) is 5.75 Å². The standard InChI is InChI=1S/C30H32FN3O2/c1-3-32-21-26(24-8-4-5-9-27(24)32)25(22-12-14-23(31)15-13-22)20-30(35)34-18-16-33(17-19-34)28-10-6-7-11-29(28)36-2/h4-15,21,25H,3,16-20H2,1-2H3. The molecule has 3 aromatic carbocycles. The Hall–Kier alpha value is -3.80. The number of anilines is 1. The highest BCUT2D eigenvalue weighted by Gasteiger charge is 2.28. The maximum Gasteiger partial charge on any atom is 0.223 e. The average molecular weight is 486 g/mol. The first-order chi connectivity index (χ1) is 17.6. The Labute approximate surface area is 211 Å². The molecule has 1 amide bonds. The first-order valence-electron chi connectivity index (χ1n) is 12.6. The second-order valence-corrected chi connectivity index (χ2v) is 9.24. The second-order valence-electron chi connectivity index (χ2n) is 9.24. The number of para-hydroxylation sites is 3. The average Bonchev–Trinajstić information content (AvgIpc) is 3.31. The van der Waals surface area contributed by atoms with E-state index in [9.17, 15) is 9.18 Å². The molecule has 1 aliphatic heterocycles. The van der Waals surface area contributed by atoms with Gasteiger partial charge in [-0.15, -0.1) is 0 Å². The van der Waals surface area contributed by atoms with Gasteiger partial charge in [-0.2, -0.15) is 0 Å². The summed E-state index contributed by atoms with van der Waals surface area (Å²) in [5.41, 5.74) is 4.28. The fourth-order valence-corrected chi connectivity index (χ4v) is 5.31. The van der Waals surface area contributed by atoms with Crippen molar-refractivity contribution in [1.82, 2.24) is 9.47 Å². The third kappa shape index (κ3) is 4.68. The van der Waals surface area contributed by atoms with Gasteiger partial charge in [0.05, 0.1) is 12.8 Å². The summed E-state index contributed by atoms with van der Waals surface area (Å²) >= 11 is 0. The number of ether oxygens (including phenoxy) is 1. The minimum absolute atomic E-state index is 0.123. The van der Waals surface area contributed by atoms with Crippen molar-refractivity contribution in [1.29, 1.82) is 0 Å². The lowest BCUT2D eigenvalue weighted by molar-refractivity contribution is -0.131. The van der Waals surface area contributed by atoms with E-state index in [1.54, 1.807) is 7.11 Å². The molecule has 0 N–H and O–H groups in total. The Balaban J connectivity index is 1.39. The van der Waals surface area contributed by atoms with Gasteiger partial charge in [0, 0.05) is 62.2 Å². The Morgan fingerprint density at radius 1 is 0.944 bits per heavy atom. The molecule has 0 spiro atoms. The number of aromatic nitrogens is 1. The molecule has 4 aromatic rings. The van der Waals surface area contributed by atoms with Crippen LogP contribution < -0.4 is 9.64 Å². The lowest BCUT2D eigenvalue weighted by Crippen LogP contribution is -2.49. The molecular weight excluding hydrogens is 453 g/mol. The topological polar surface area (TPSA) is 37.7 Å². The molecule has 0 radical (unpaired) electrons. The number of hydrogen-bond acceptors (Lipinski definition) is 3. The molecule has 36 heavy (non-hydrogen) atoms. The van der Waals surface area contributed by atoms with Crippen LogP contribution in [0.3, 0.4) is 0 Å². The van der Waals surface area contributed by atoms with Gasteiger partial charge < -0.3 is 19.1 Å². The van der Waals surface area contributed by atoms with Gasteiger partial charge in [-0.1, -0.05) is 42.5 Å². The molecular formula is C30H32FN3O2. The first-order valence-corrected chi connectivity index (χ1v) is 12.6. The molecule has 5 rings (SSSR count). The summed E-state index contributed by atoms with van der Waals surface area (Å²) in [5, 5.41) is 1.14. The number of methoxy groups -OCH3 is 1. The minimum Gasteiger partial charge on any atom is -0.495 e. The van der Waals surface area contributed by atoms with Crippen molar-refractivity contribution < 1.29 is 13.9 Å². The van der Waals surface area contributed by atoms with Gasteiger partial charge in [-0.25, -0.2) is 4.39 Å². The maximum absolute atomic E-state index is 13.8. The van der Waals surface area contributed by atoms with Crippen LogP contribution in [0, 0.1) is 5.82 Å². The highest BCUT2D eigenvalue weighted by molar-refractivity contribution is 5.87. The zero-order valence-electron chi connectivity index (χ0n) is 20.9. The van der Waals surface area contributed by atoms with Crippen molar-refractivity contribution in [3.05, 3.63) is 95.9 Å².